The predicted octanol–water partition coefficient (Wildman–Crippen LogP) is 2.26. The summed E-state index contributed by atoms with van der Waals surface area (Å²) in [6, 6.07) is 0.402. The van der Waals surface area contributed by atoms with Crippen molar-refractivity contribution in [1.29, 1.82) is 0 Å². The Balaban J connectivity index is 1.79. The molecule has 1 heterocycles. The second kappa shape index (κ2) is 9.00. The smallest absolute Gasteiger partial charge is 0.274 e. The molecular weight excluding hydrogens is 328 g/mol. The first-order chi connectivity index (χ1) is 12.6. The largest absolute Gasteiger partial charge is 0.383 e. The maximum Gasteiger partial charge on any atom is 0.274 e. The molecule has 0 bridgehead atoms. The highest BCUT2D eigenvalue weighted by Crippen LogP contribution is 2.29. The summed E-state index contributed by atoms with van der Waals surface area (Å²) in [5, 5.41) is 8.37. The highest BCUT2D eigenvalue weighted by Gasteiger charge is 2.30. The van der Waals surface area contributed by atoms with Crippen LogP contribution in [-0.4, -0.2) is 61.0 Å². The summed E-state index contributed by atoms with van der Waals surface area (Å²) in [6.45, 7) is 2.54. The van der Waals surface area contributed by atoms with Crippen molar-refractivity contribution in [2.75, 3.05) is 34.4 Å². The Hall–Kier alpha value is -1.40. The lowest BCUT2D eigenvalue weighted by Gasteiger charge is -2.26. The number of carbonyl (C=O) groups excluding carboxylic acids is 1. The SMILES string of the molecule is COCCNC1CCc2c(c(C(=O)N(C)C)nn2CC2CCCCC2)C1. The molecule has 2 aliphatic rings. The number of aromatic nitrogens is 2. The van der Waals surface area contributed by atoms with Crippen molar-refractivity contribution < 1.29 is 9.53 Å². The van der Waals surface area contributed by atoms with E-state index in [2.05, 4.69) is 10.00 Å². The van der Waals surface area contributed by atoms with Crippen molar-refractivity contribution in [3.63, 3.8) is 0 Å². The second-order valence-electron chi connectivity index (χ2n) is 8.05. The van der Waals surface area contributed by atoms with Gasteiger partial charge in [0, 0.05) is 51.6 Å². The first-order valence-corrected chi connectivity index (χ1v) is 10.1. The number of rotatable bonds is 7. The molecule has 2 aliphatic carbocycles. The Bertz CT molecular complexity index is 605. The summed E-state index contributed by atoms with van der Waals surface area (Å²) < 4.78 is 7.32. The van der Waals surface area contributed by atoms with E-state index in [1.165, 1.54) is 43.4 Å². The van der Waals surface area contributed by atoms with E-state index in [0.717, 1.165) is 32.4 Å². The van der Waals surface area contributed by atoms with E-state index in [4.69, 9.17) is 9.84 Å². The molecule has 0 aliphatic heterocycles. The fraction of sp³-hybridized carbons (Fsp3) is 0.800. The highest BCUT2D eigenvalue weighted by atomic mass is 16.5. The lowest BCUT2D eigenvalue weighted by atomic mass is 9.88. The normalized spacial score (nSPS) is 20.8. The standard InChI is InChI=1S/C20H34N4O2/c1-23(2)20(25)19-17-13-16(21-11-12-26-3)9-10-18(17)24(22-19)14-15-7-5-4-6-8-15/h15-16,21H,4-14H2,1-3H3. The molecule has 6 nitrogen and oxygen atoms in total. The molecule has 1 aromatic heterocycles. The monoisotopic (exact) mass is 362 g/mol. The summed E-state index contributed by atoms with van der Waals surface area (Å²) >= 11 is 0. The van der Waals surface area contributed by atoms with E-state index in [-0.39, 0.29) is 5.91 Å². The van der Waals surface area contributed by atoms with Crippen LogP contribution < -0.4 is 5.32 Å². The second-order valence-corrected chi connectivity index (χ2v) is 8.05. The van der Waals surface area contributed by atoms with E-state index in [0.29, 0.717) is 24.3 Å². The van der Waals surface area contributed by atoms with Crippen LogP contribution in [0.1, 0.15) is 60.3 Å². The van der Waals surface area contributed by atoms with Gasteiger partial charge in [0.05, 0.1) is 6.61 Å². The minimum Gasteiger partial charge on any atom is -0.383 e. The summed E-state index contributed by atoms with van der Waals surface area (Å²) in [5.74, 6) is 0.744. The van der Waals surface area contributed by atoms with E-state index >= 15 is 0 Å². The topological polar surface area (TPSA) is 59.4 Å². The number of methoxy groups -OCH3 is 1. The van der Waals surface area contributed by atoms with Crippen LogP contribution >= 0.6 is 0 Å². The van der Waals surface area contributed by atoms with Crippen molar-refractivity contribution in [2.45, 2.75) is 64.0 Å². The maximum atomic E-state index is 12.7. The lowest BCUT2D eigenvalue weighted by Crippen LogP contribution is -2.37. The summed E-state index contributed by atoms with van der Waals surface area (Å²) in [4.78, 5) is 14.3. The van der Waals surface area contributed by atoms with Gasteiger partial charge in [0.1, 0.15) is 0 Å². The number of ether oxygens (including phenoxy) is 1. The fourth-order valence-corrected chi connectivity index (χ4v) is 4.38. The molecule has 3 rings (SSSR count). The molecule has 1 fully saturated rings. The first-order valence-electron chi connectivity index (χ1n) is 10.1. The zero-order chi connectivity index (χ0) is 18.5. The number of carbonyl (C=O) groups is 1. The highest BCUT2D eigenvalue weighted by molar-refractivity contribution is 5.93. The Kier molecular flexibility index (Phi) is 6.70. The van der Waals surface area contributed by atoms with Crippen molar-refractivity contribution in [2.24, 2.45) is 5.92 Å². The third-order valence-corrected chi connectivity index (χ3v) is 5.85. The zero-order valence-electron chi connectivity index (χ0n) is 16.6. The van der Waals surface area contributed by atoms with Crippen LogP contribution in [0.25, 0.3) is 0 Å². The van der Waals surface area contributed by atoms with Crippen molar-refractivity contribution >= 4 is 5.91 Å². The Morgan fingerprint density at radius 3 is 2.73 bits per heavy atom. The van der Waals surface area contributed by atoms with Crippen LogP contribution in [0.5, 0.6) is 0 Å². The Morgan fingerprint density at radius 2 is 2.04 bits per heavy atom. The fourth-order valence-electron chi connectivity index (χ4n) is 4.38. The molecule has 0 spiro atoms. The van der Waals surface area contributed by atoms with Gasteiger partial charge in [0.15, 0.2) is 5.69 Å². The van der Waals surface area contributed by atoms with Gasteiger partial charge in [-0.2, -0.15) is 5.10 Å². The summed E-state index contributed by atoms with van der Waals surface area (Å²) in [5.41, 5.74) is 3.13. The number of amides is 1. The van der Waals surface area contributed by atoms with Crippen molar-refractivity contribution in [3.8, 4) is 0 Å². The van der Waals surface area contributed by atoms with Gasteiger partial charge >= 0.3 is 0 Å². The van der Waals surface area contributed by atoms with Crippen LogP contribution in [-0.2, 0) is 24.1 Å². The molecule has 1 aromatic rings. The van der Waals surface area contributed by atoms with Crippen LogP contribution in [0, 0.1) is 5.92 Å². The van der Waals surface area contributed by atoms with E-state index < -0.39 is 0 Å². The van der Waals surface area contributed by atoms with Crippen molar-refractivity contribution in [3.05, 3.63) is 17.0 Å². The third kappa shape index (κ3) is 4.46. The molecule has 1 amide bonds. The lowest BCUT2D eigenvalue weighted by molar-refractivity contribution is 0.0819. The van der Waals surface area contributed by atoms with Gasteiger partial charge in [-0.05, 0) is 38.0 Å². The average molecular weight is 363 g/mol. The molecule has 1 saturated carbocycles. The minimum absolute atomic E-state index is 0.0289. The molecule has 1 N–H and O–H groups in total. The number of hydrogen-bond acceptors (Lipinski definition) is 4. The van der Waals surface area contributed by atoms with E-state index in [9.17, 15) is 4.79 Å². The molecule has 0 radical (unpaired) electrons. The zero-order valence-corrected chi connectivity index (χ0v) is 16.6. The molecule has 0 saturated heterocycles. The molecule has 1 unspecified atom stereocenters. The quantitative estimate of drug-likeness (QED) is 0.756. The summed E-state index contributed by atoms with van der Waals surface area (Å²) in [6.07, 6.45) is 9.63. The average Bonchev–Trinajstić information content (AvgIpc) is 3.00. The molecule has 6 heteroatoms. The molecular formula is C20H34N4O2. The van der Waals surface area contributed by atoms with Crippen LogP contribution in [0.15, 0.2) is 0 Å². The van der Waals surface area contributed by atoms with E-state index in [1.54, 1.807) is 12.0 Å². The van der Waals surface area contributed by atoms with Gasteiger partial charge < -0.3 is 15.0 Å². The number of hydrogen-bond donors (Lipinski definition) is 1. The van der Waals surface area contributed by atoms with Crippen molar-refractivity contribution in [1.82, 2.24) is 20.0 Å². The molecule has 0 aromatic carbocycles. The van der Waals surface area contributed by atoms with Crippen LogP contribution in [0.4, 0.5) is 0 Å². The van der Waals surface area contributed by atoms with Crippen LogP contribution in [0.2, 0.25) is 0 Å². The number of fused-ring (bicyclic) bond motifs is 1. The van der Waals surface area contributed by atoms with Crippen LogP contribution in [0.3, 0.4) is 0 Å². The first kappa shape index (κ1) is 19.4. The Morgan fingerprint density at radius 1 is 1.27 bits per heavy atom. The van der Waals surface area contributed by atoms with Gasteiger partial charge in [0.25, 0.3) is 5.91 Å². The summed E-state index contributed by atoms with van der Waals surface area (Å²) in [7, 11) is 5.35. The molecule has 146 valence electrons. The van der Waals surface area contributed by atoms with Gasteiger partial charge in [-0.15, -0.1) is 0 Å². The number of nitrogens with one attached hydrogen (secondary N) is 1. The van der Waals surface area contributed by atoms with Gasteiger partial charge in [-0.25, -0.2) is 0 Å². The van der Waals surface area contributed by atoms with Gasteiger partial charge in [-0.1, -0.05) is 19.3 Å². The molecule has 26 heavy (non-hydrogen) atoms. The number of nitrogens with zero attached hydrogens (tertiary/aromatic N) is 3. The van der Waals surface area contributed by atoms with Gasteiger partial charge in [0.2, 0.25) is 0 Å². The predicted molar refractivity (Wildman–Crippen MR) is 103 cm³/mol. The minimum atomic E-state index is 0.0289. The Labute approximate surface area is 157 Å². The van der Waals surface area contributed by atoms with Gasteiger partial charge in [-0.3, -0.25) is 9.48 Å². The van der Waals surface area contributed by atoms with E-state index in [1.807, 2.05) is 14.1 Å². The maximum absolute atomic E-state index is 12.7. The third-order valence-electron chi connectivity index (χ3n) is 5.85. The molecule has 1 atom stereocenters.